The van der Waals surface area contributed by atoms with Gasteiger partial charge in [-0.1, -0.05) is 13.8 Å². The van der Waals surface area contributed by atoms with Gasteiger partial charge in [-0.3, -0.25) is 0 Å². The maximum absolute atomic E-state index is 3.78. The van der Waals surface area contributed by atoms with Gasteiger partial charge < -0.3 is 10.2 Å². The molecule has 0 aromatic rings. The zero-order valence-electron chi connectivity index (χ0n) is 12.2. The van der Waals surface area contributed by atoms with E-state index in [1.54, 1.807) is 0 Å². The summed E-state index contributed by atoms with van der Waals surface area (Å²) in [6, 6.07) is 0.805. The molecule has 1 saturated heterocycles. The number of nitrogens with one attached hydrogen (secondary N) is 1. The van der Waals surface area contributed by atoms with Crippen LogP contribution in [0.15, 0.2) is 0 Å². The number of rotatable bonds is 5. The highest BCUT2D eigenvalue weighted by Gasteiger charge is 2.22. The van der Waals surface area contributed by atoms with Crippen LogP contribution in [0, 0.1) is 11.8 Å². The van der Waals surface area contributed by atoms with Gasteiger partial charge in [0.25, 0.3) is 0 Å². The number of thioether (sulfide) groups is 1. The smallest absolute Gasteiger partial charge is 0.0108 e. The average molecular weight is 270 g/mol. The molecule has 2 rings (SSSR count). The van der Waals surface area contributed by atoms with Crippen molar-refractivity contribution in [3.8, 4) is 0 Å². The van der Waals surface area contributed by atoms with Crippen molar-refractivity contribution in [2.24, 2.45) is 11.8 Å². The van der Waals surface area contributed by atoms with E-state index in [9.17, 15) is 0 Å². The normalized spacial score (nSPS) is 30.8. The molecule has 2 nitrogen and oxygen atoms in total. The Kier molecular flexibility index (Phi) is 6.33. The van der Waals surface area contributed by atoms with Gasteiger partial charge in [-0.05, 0) is 37.5 Å². The minimum atomic E-state index is 0.805. The number of nitrogens with zero attached hydrogens (tertiary/aromatic N) is 1. The topological polar surface area (TPSA) is 15.3 Å². The average Bonchev–Trinajstić information content (AvgIpc) is 2.40. The summed E-state index contributed by atoms with van der Waals surface area (Å²) in [5.74, 6) is 4.54. The van der Waals surface area contributed by atoms with Crippen molar-refractivity contribution in [3.63, 3.8) is 0 Å². The summed E-state index contributed by atoms with van der Waals surface area (Å²) in [5.41, 5.74) is 0. The first-order valence-electron chi connectivity index (χ1n) is 7.79. The molecule has 18 heavy (non-hydrogen) atoms. The van der Waals surface area contributed by atoms with Crippen molar-refractivity contribution in [1.29, 1.82) is 0 Å². The maximum atomic E-state index is 3.78. The summed E-state index contributed by atoms with van der Waals surface area (Å²) in [4.78, 5) is 2.61. The Morgan fingerprint density at radius 2 is 1.78 bits per heavy atom. The molecule has 1 N–H and O–H groups in total. The molecule has 106 valence electrons. The molecule has 0 unspecified atom stereocenters. The molecule has 1 saturated carbocycles. The predicted octanol–water partition coefficient (Wildman–Crippen LogP) is 2.84. The highest BCUT2D eigenvalue weighted by atomic mass is 32.2. The van der Waals surface area contributed by atoms with Gasteiger partial charge in [0.15, 0.2) is 0 Å². The molecular formula is C15H30N2S. The third-order valence-electron chi connectivity index (χ3n) is 4.68. The molecule has 1 heterocycles. The number of hydrogen-bond acceptors (Lipinski definition) is 3. The molecule has 0 radical (unpaired) electrons. The molecular weight excluding hydrogens is 240 g/mol. The van der Waals surface area contributed by atoms with Crippen molar-refractivity contribution in [3.05, 3.63) is 0 Å². The third-order valence-corrected chi connectivity index (χ3v) is 5.62. The summed E-state index contributed by atoms with van der Waals surface area (Å²) >= 11 is 2.10. The lowest BCUT2D eigenvalue weighted by molar-refractivity contribution is 0.229. The van der Waals surface area contributed by atoms with Crippen molar-refractivity contribution < 1.29 is 0 Å². The molecule has 1 aliphatic carbocycles. The fraction of sp³-hybridized carbons (Fsp3) is 1.00. The van der Waals surface area contributed by atoms with Crippen molar-refractivity contribution in [1.82, 2.24) is 10.2 Å². The van der Waals surface area contributed by atoms with Gasteiger partial charge >= 0.3 is 0 Å². The summed E-state index contributed by atoms with van der Waals surface area (Å²) < 4.78 is 0. The second-order valence-corrected chi connectivity index (χ2v) is 7.49. The minimum absolute atomic E-state index is 0.805. The van der Waals surface area contributed by atoms with Gasteiger partial charge in [-0.2, -0.15) is 11.8 Å². The van der Waals surface area contributed by atoms with Crippen molar-refractivity contribution in [2.75, 3.05) is 37.7 Å². The van der Waals surface area contributed by atoms with E-state index >= 15 is 0 Å². The Balaban J connectivity index is 1.55. The Hall–Kier alpha value is 0.270. The van der Waals surface area contributed by atoms with Crippen LogP contribution in [-0.2, 0) is 0 Å². The molecule has 0 aromatic heterocycles. The zero-order chi connectivity index (χ0) is 12.8. The summed E-state index contributed by atoms with van der Waals surface area (Å²) in [5, 5.41) is 3.78. The largest absolute Gasteiger partial charge is 0.313 e. The molecule has 0 aromatic carbocycles. The molecule has 0 spiro atoms. The molecule has 0 amide bonds. The minimum Gasteiger partial charge on any atom is -0.313 e. The van der Waals surface area contributed by atoms with Crippen LogP contribution >= 0.6 is 11.8 Å². The van der Waals surface area contributed by atoms with E-state index in [2.05, 4.69) is 35.8 Å². The summed E-state index contributed by atoms with van der Waals surface area (Å²) in [6.07, 6.45) is 5.68. The van der Waals surface area contributed by atoms with Crippen molar-refractivity contribution >= 4 is 11.8 Å². The molecule has 2 aliphatic rings. The van der Waals surface area contributed by atoms with Crippen LogP contribution < -0.4 is 5.32 Å². The molecule has 1 aliphatic heterocycles. The third kappa shape index (κ3) is 4.75. The van der Waals surface area contributed by atoms with Gasteiger partial charge in [0.2, 0.25) is 0 Å². The summed E-state index contributed by atoms with van der Waals surface area (Å²) in [6.45, 7) is 9.81. The van der Waals surface area contributed by atoms with Crippen LogP contribution in [0.2, 0.25) is 0 Å². The van der Waals surface area contributed by atoms with E-state index in [0.29, 0.717) is 0 Å². The highest BCUT2D eigenvalue weighted by Crippen LogP contribution is 2.29. The first kappa shape index (κ1) is 14.7. The quantitative estimate of drug-likeness (QED) is 0.827. The van der Waals surface area contributed by atoms with E-state index in [-0.39, 0.29) is 0 Å². The van der Waals surface area contributed by atoms with E-state index in [4.69, 9.17) is 0 Å². The van der Waals surface area contributed by atoms with Gasteiger partial charge in [0, 0.05) is 43.7 Å². The zero-order valence-corrected chi connectivity index (χ0v) is 13.0. The van der Waals surface area contributed by atoms with Gasteiger partial charge in [-0.15, -0.1) is 0 Å². The lowest BCUT2D eigenvalue weighted by atomic mass is 9.80. The maximum Gasteiger partial charge on any atom is 0.0108 e. The Morgan fingerprint density at radius 3 is 2.39 bits per heavy atom. The molecule has 2 fully saturated rings. The lowest BCUT2D eigenvalue weighted by Crippen LogP contribution is -2.41. The first-order valence-corrected chi connectivity index (χ1v) is 8.94. The second-order valence-electron chi connectivity index (χ2n) is 6.26. The Morgan fingerprint density at radius 1 is 1.11 bits per heavy atom. The van der Waals surface area contributed by atoms with E-state index in [0.717, 1.165) is 17.9 Å². The monoisotopic (exact) mass is 270 g/mol. The van der Waals surface area contributed by atoms with Crippen LogP contribution in [0.3, 0.4) is 0 Å². The van der Waals surface area contributed by atoms with Crippen LogP contribution in [0.4, 0.5) is 0 Å². The van der Waals surface area contributed by atoms with Crippen LogP contribution in [0.1, 0.15) is 39.5 Å². The predicted molar refractivity (Wildman–Crippen MR) is 82.4 cm³/mol. The molecule has 0 atom stereocenters. The Labute approximate surface area is 117 Å². The molecule has 0 bridgehead atoms. The molecule has 3 heteroatoms. The van der Waals surface area contributed by atoms with E-state index in [1.165, 1.54) is 63.4 Å². The van der Waals surface area contributed by atoms with E-state index in [1.807, 2.05) is 0 Å². The van der Waals surface area contributed by atoms with E-state index < -0.39 is 0 Å². The fourth-order valence-electron chi connectivity index (χ4n) is 3.24. The standard InChI is InChI=1S/C15H30N2S/c1-13(2)14-3-5-15(6-4-14)16-7-8-17-9-11-18-12-10-17/h13-16H,3-12H2,1-2H3. The fourth-order valence-corrected chi connectivity index (χ4v) is 4.22. The van der Waals surface area contributed by atoms with Crippen molar-refractivity contribution in [2.45, 2.75) is 45.6 Å². The van der Waals surface area contributed by atoms with Gasteiger partial charge in [0.1, 0.15) is 0 Å². The highest BCUT2D eigenvalue weighted by molar-refractivity contribution is 7.99. The number of hydrogen-bond donors (Lipinski definition) is 1. The van der Waals surface area contributed by atoms with Gasteiger partial charge in [0.05, 0.1) is 0 Å². The van der Waals surface area contributed by atoms with Crippen LogP contribution in [-0.4, -0.2) is 48.6 Å². The SMILES string of the molecule is CC(C)C1CCC(NCCN2CCSCC2)CC1. The summed E-state index contributed by atoms with van der Waals surface area (Å²) in [7, 11) is 0. The van der Waals surface area contributed by atoms with Crippen LogP contribution in [0.25, 0.3) is 0 Å². The van der Waals surface area contributed by atoms with Crippen LogP contribution in [0.5, 0.6) is 0 Å². The Bertz CT molecular complexity index is 219. The van der Waals surface area contributed by atoms with Gasteiger partial charge in [-0.25, -0.2) is 0 Å². The lowest BCUT2D eigenvalue weighted by Gasteiger charge is -2.32. The second kappa shape index (κ2) is 7.76. The first-order chi connectivity index (χ1) is 8.75.